The van der Waals surface area contributed by atoms with Crippen LogP contribution in [0.2, 0.25) is 0 Å². The molecule has 0 saturated carbocycles. The molecule has 170 valence electrons. The van der Waals surface area contributed by atoms with Crippen molar-refractivity contribution in [3.8, 4) is 11.1 Å². The number of benzene rings is 4. The number of aryl methyl sites for hydroxylation is 4. The molecule has 0 bridgehead atoms. The average Bonchev–Trinajstić information content (AvgIpc) is 2.83. The molecule has 4 aromatic carbocycles. The molecule has 0 heterocycles. The molecule has 0 aromatic heterocycles. The molecule has 4 heteroatoms. The van der Waals surface area contributed by atoms with Crippen LogP contribution in [-0.4, -0.2) is 11.8 Å². The van der Waals surface area contributed by atoms with Crippen LogP contribution < -0.4 is 10.6 Å². The first-order chi connectivity index (χ1) is 16.3. The molecule has 0 aliphatic carbocycles. The molecule has 0 aliphatic rings. The summed E-state index contributed by atoms with van der Waals surface area (Å²) in [6, 6.07) is 26.7. The molecule has 4 nitrogen and oxygen atoms in total. The highest BCUT2D eigenvalue weighted by atomic mass is 16.2. The van der Waals surface area contributed by atoms with Gasteiger partial charge in [0.05, 0.1) is 0 Å². The minimum Gasteiger partial charge on any atom is -0.322 e. The van der Waals surface area contributed by atoms with Crippen LogP contribution >= 0.6 is 0 Å². The highest BCUT2D eigenvalue weighted by molar-refractivity contribution is 6.13. The first-order valence-electron chi connectivity index (χ1n) is 11.3. The van der Waals surface area contributed by atoms with Gasteiger partial charge < -0.3 is 10.6 Å². The summed E-state index contributed by atoms with van der Waals surface area (Å²) in [5.74, 6) is -0.428. The lowest BCUT2D eigenvalue weighted by atomic mass is 9.94. The van der Waals surface area contributed by atoms with Gasteiger partial charge >= 0.3 is 0 Å². The normalized spacial score (nSPS) is 10.6. The van der Waals surface area contributed by atoms with Crippen molar-refractivity contribution in [3.05, 3.63) is 118 Å². The highest BCUT2D eigenvalue weighted by Gasteiger charge is 2.19. The van der Waals surface area contributed by atoms with Crippen LogP contribution in [-0.2, 0) is 0 Å². The third-order valence-corrected chi connectivity index (χ3v) is 5.92. The van der Waals surface area contributed by atoms with Crippen molar-refractivity contribution in [1.82, 2.24) is 0 Å². The van der Waals surface area contributed by atoms with Crippen LogP contribution in [0.3, 0.4) is 0 Å². The highest BCUT2D eigenvalue weighted by Crippen LogP contribution is 2.29. The van der Waals surface area contributed by atoms with Crippen molar-refractivity contribution >= 4 is 23.2 Å². The van der Waals surface area contributed by atoms with E-state index in [0.29, 0.717) is 22.3 Å². The SMILES string of the molecule is Cc1ccc(C)c(NC(=O)c2ccccc2-c2ccccc2C(=O)Nc2cc(C)ccc2C)c1. The van der Waals surface area contributed by atoms with Crippen molar-refractivity contribution < 1.29 is 9.59 Å². The molecule has 0 aliphatic heterocycles. The van der Waals surface area contributed by atoms with Crippen LogP contribution in [0.5, 0.6) is 0 Å². The summed E-state index contributed by atoms with van der Waals surface area (Å²) in [5, 5.41) is 6.08. The Kier molecular flexibility index (Phi) is 6.60. The first-order valence-corrected chi connectivity index (χ1v) is 11.3. The zero-order chi connectivity index (χ0) is 24.2. The summed E-state index contributed by atoms with van der Waals surface area (Å²) in [7, 11) is 0. The number of hydrogen-bond donors (Lipinski definition) is 2. The van der Waals surface area contributed by atoms with E-state index in [1.165, 1.54) is 0 Å². The molecule has 0 spiro atoms. The van der Waals surface area contributed by atoms with Crippen LogP contribution in [0, 0.1) is 27.7 Å². The standard InChI is InChI=1S/C30H28N2O2/c1-19-13-15-21(3)27(17-19)31-29(33)25-11-7-5-9-23(25)24-10-6-8-12-26(24)30(34)32-28-18-20(2)14-16-22(28)4/h5-18H,1-4H3,(H,31,33)(H,32,34). The van der Waals surface area contributed by atoms with E-state index in [0.717, 1.165) is 33.6 Å². The summed E-state index contributed by atoms with van der Waals surface area (Å²) in [4.78, 5) is 26.6. The van der Waals surface area contributed by atoms with E-state index >= 15 is 0 Å². The third kappa shape index (κ3) is 4.91. The van der Waals surface area contributed by atoms with E-state index in [2.05, 4.69) is 10.6 Å². The quantitative estimate of drug-likeness (QED) is 0.342. The van der Waals surface area contributed by atoms with Gasteiger partial charge in [0.25, 0.3) is 11.8 Å². The van der Waals surface area contributed by atoms with Gasteiger partial charge in [-0.05, 0) is 85.3 Å². The molecule has 0 unspecified atom stereocenters. The third-order valence-electron chi connectivity index (χ3n) is 5.92. The van der Waals surface area contributed by atoms with Gasteiger partial charge in [0.15, 0.2) is 0 Å². The topological polar surface area (TPSA) is 58.2 Å². The van der Waals surface area contributed by atoms with Crippen LogP contribution in [0.25, 0.3) is 11.1 Å². The molecule has 4 rings (SSSR count). The Balaban J connectivity index is 1.70. The van der Waals surface area contributed by atoms with Crippen molar-refractivity contribution in [2.45, 2.75) is 27.7 Å². The first kappa shape index (κ1) is 23.0. The molecular weight excluding hydrogens is 420 g/mol. The number of rotatable bonds is 5. The Morgan fingerprint density at radius 2 is 0.912 bits per heavy atom. The molecule has 34 heavy (non-hydrogen) atoms. The second-order valence-corrected chi connectivity index (χ2v) is 8.64. The molecule has 4 aromatic rings. The van der Waals surface area contributed by atoms with E-state index in [1.54, 1.807) is 12.1 Å². The molecule has 0 fully saturated rings. The van der Waals surface area contributed by atoms with E-state index in [-0.39, 0.29) is 11.8 Å². The predicted molar refractivity (Wildman–Crippen MR) is 140 cm³/mol. The van der Waals surface area contributed by atoms with Gasteiger partial charge in [-0.25, -0.2) is 0 Å². The monoisotopic (exact) mass is 448 g/mol. The van der Waals surface area contributed by atoms with E-state index in [1.807, 2.05) is 100 Å². The summed E-state index contributed by atoms with van der Waals surface area (Å²) in [5.41, 5.74) is 8.11. The fourth-order valence-corrected chi connectivity index (χ4v) is 3.95. The maximum atomic E-state index is 13.3. The Labute approximate surface area is 200 Å². The number of carbonyl (C=O) groups is 2. The lowest BCUT2D eigenvalue weighted by molar-refractivity contribution is 0.101. The molecule has 2 amide bonds. The fourth-order valence-electron chi connectivity index (χ4n) is 3.95. The minimum absolute atomic E-state index is 0.214. The van der Waals surface area contributed by atoms with Crippen molar-refractivity contribution in [3.63, 3.8) is 0 Å². The summed E-state index contributed by atoms with van der Waals surface area (Å²) in [6.45, 7) is 7.92. The second-order valence-electron chi connectivity index (χ2n) is 8.64. The molecule has 2 N–H and O–H groups in total. The maximum Gasteiger partial charge on any atom is 0.256 e. The van der Waals surface area contributed by atoms with Gasteiger partial charge in [-0.1, -0.05) is 60.7 Å². The van der Waals surface area contributed by atoms with E-state index in [9.17, 15) is 9.59 Å². The zero-order valence-corrected chi connectivity index (χ0v) is 19.9. The van der Waals surface area contributed by atoms with Gasteiger partial charge in [0, 0.05) is 22.5 Å². The van der Waals surface area contributed by atoms with Crippen LogP contribution in [0.15, 0.2) is 84.9 Å². The Morgan fingerprint density at radius 1 is 0.529 bits per heavy atom. The largest absolute Gasteiger partial charge is 0.322 e. The van der Waals surface area contributed by atoms with Crippen molar-refractivity contribution in [2.24, 2.45) is 0 Å². The van der Waals surface area contributed by atoms with Gasteiger partial charge in [0.1, 0.15) is 0 Å². The number of anilines is 2. The number of hydrogen-bond acceptors (Lipinski definition) is 2. The Hall–Kier alpha value is -4.18. The van der Waals surface area contributed by atoms with Crippen molar-refractivity contribution in [2.75, 3.05) is 10.6 Å². The van der Waals surface area contributed by atoms with Gasteiger partial charge in [-0.15, -0.1) is 0 Å². The average molecular weight is 449 g/mol. The summed E-state index contributed by atoms with van der Waals surface area (Å²) >= 11 is 0. The van der Waals surface area contributed by atoms with E-state index < -0.39 is 0 Å². The maximum absolute atomic E-state index is 13.3. The summed E-state index contributed by atoms with van der Waals surface area (Å²) in [6.07, 6.45) is 0. The molecule has 0 saturated heterocycles. The van der Waals surface area contributed by atoms with Gasteiger partial charge in [-0.3, -0.25) is 9.59 Å². The van der Waals surface area contributed by atoms with Crippen LogP contribution in [0.1, 0.15) is 43.0 Å². The van der Waals surface area contributed by atoms with Gasteiger partial charge in [-0.2, -0.15) is 0 Å². The number of carbonyl (C=O) groups excluding carboxylic acids is 2. The van der Waals surface area contributed by atoms with Crippen molar-refractivity contribution in [1.29, 1.82) is 0 Å². The molecular formula is C30H28N2O2. The lowest BCUT2D eigenvalue weighted by Crippen LogP contribution is -2.16. The number of amides is 2. The van der Waals surface area contributed by atoms with Gasteiger partial charge in [0.2, 0.25) is 0 Å². The molecule has 0 atom stereocenters. The van der Waals surface area contributed by atoms with Crippen LogP contribution in [0.4, 0.5) is 11.4 Å². The number of nitrogens with one attached hydrogen (secondary N) is 2. The lowest BCUT2D eigenvalue weighted by Gasteiger charge is -2.16. The molecule has 0 radical (unpaired) electrons. The Bertz CT molecular complexity index is 1280. The van der Waals surface area contributed by atoms with E-state index in [4.69, 9.17) is 0 Å². The predicted octanol–water partition coefficient (Wildman–Crippen LogP) is 7.09. The minimum atomic E-state index is -0.214. The smallest absolute Gasteiger partial charge is 0.256 e. The zero-order valence-electron chi connectivity index (χ0n) is 19.9. The fraction of sp³-hybridized carbons (Fsp3) is 0.133. The summed E-state index contributed by atoms with van der Waals surface area (Å²) < 4.78 is 0. The Morgan fingerprint density at radius 3 is 1.32 bits per heavy atom. The second kappa shape index (κ2) is 9.75.